The standard InChI is InChI=1S/C25H20F3N3O2/c1-2-15-30-16-17-7-3-4-8-20(17)22(24(30)33)31(23(32)21-9-5-6-14-29-21)19-12-10-18(11-13-19)25(26,27)28/h3-14,16H,2,15H2,1H3. The first-order chi connectivity index (χ1) is 15.8. The summed E-state index contributed by atoms with van der Waals surface area (Å²) in [6.45, 7) is 2.35. The first-order valence-corrected chi connectivity index (χ1v) is 10.4. The van der Waals surface area contributed by atoms with Gasteiger partial charge in [0.25, 0.3) is 11.5 Å². The summed E-state index contributed by atoms with van der Waals surface area (Å²) < 4.78 is 40.9. The van der Waals surface area contributed by atoms with Gasteiger partial charge in [0.1, 0.15) is 11.4 Å². The van der Waals surface area contributed by atoms with Gasteiger partial charge in [0, 0.05) is 35.4 Å². The molecule has 0 fully saturated rings. The number of nitrogens with zero attached hydrogens (tertiary/aromatic N) is 3. The second-order valence-corrected chi connectivity index (χ2v) is 7.46. The van der Waals surface area contributed by atoms with Crippen molar-refractivity contribution in [2.45, 2.75) is 26.1 Å². The van der Waals surface area contributed by atoms with E-state index in [-0.39, 0.29) is 17.1 Å². The number of fused-ring (bicyclic) bond motifs is 1. The molecule has 0 unspecified atom stereocenters. The van der Waals surface area contributed by atoms with Gasteiger partial charge in [0.2, 0.25) is 0 Å². The second-order valence-electron chi connectivity index (χ2n) is 7.46. The van der Waals surface area contributed by atoms with E-state index in [9.17, 15) is 22.8 Å². The first kappa shape index (κ1) is 22.3. The Balaban J connectivity index is 2.00. The van der Waals surface area contributed by atoms with Gasteiger partial charge in [-0.05, 0) is 42.8 Å². The van der Waals surface area contributed by atoms with E-state index >= 15 is 0 Å². The molecule has 4 rings (SSSR count). The minimum absolute atomic E-state index is 0.0618. The lowest BCUT2D eigenvalue weighted by molar-refractivity contribution is -0.137. The van der Waals surface area contributed by atoms with Crippen molar-refractivity contribution in [1.29, 1.82) is 0 Å². The van der Waals surface area contributed by atoms with Crippen LogP contribution in [0, 0.1) is 0 Å². The molecule has 0 bridgehead atoms. The Hall–Kier alpha value is -3.94. The zero-order valence-corrected chi connectivity index (χ0v) is 17.7. The van der Waals surface area contributed by atoms with Crippen molar-refractivity contribution in [2.24, 2.45) is 0 Å². The Morgan fingerprint density at radius 3 is 2.33 bits per heavy atom. The smallest absolute Gasteiger partial charge is 0.313 e. The number of aromatic nitrogens is 2. The fourth-order valence-electron chi connectivity index (χ4n) is 3.68. The molecule has 0 N–H and O–H groups in total. The number of hydrogen-bond donors (Lipinski definition) is 0. The number of aryl methyl sites for hydroxylation is 1. The Bertz CT molecular complexity index is 1350. The number of pyridine rings is 2. The minimum Gasteiger partial charge on any atom is -0.313 e. The molecule has 5 nitrogen and oxygen atoms in total. The summed E-state index contributed by atoms with van der Waals surface area (Å²) in [5.41, 5.74) is -1.00. The van der Waals surface area contributed by atoms with E-state index in [0.717, 1.165) is 22.4 Å². The lowest BCUT2D eigenvalue weighted by Gasteiger charge is -2.25. The highest BCUT2D eigenvalue weighted by Crippen LogP contribution is 2.34. The highest BCUT2D eigenvalue weighted by Gasteiger charge is 2.31. The number of hydrogen-bond acceptors (Lipinski definition) is 3. The highest BCUT2D eigenvalue weighted by molar-refractivity contribution is 6.14. The van der Waals surface area contributed by atoms with Crippen LogP contribution in [-0.4, -0.2) is 15.5 Å². The number of carbonyl (C=O) groups is 1. The molecule has 33 heavy (non-hydrogen) atoms. The van der Waals surface area contributed by atoms with Gasteiger partial charge in [-0.1, -0.05) is 37.3 Å². The van der Waals surface area contributed by atoms with E-state index in [2.05, 4.69) is 4.98 Å². The molecular weight excluding hydrogens is 431 g/mol. The third kappa shape index (κ3) is 4.37. The van der Waals surface area contributed by atoms with Crippen LogP contribution in [0.25, 0.3) is 10.8 Å². The maximum absolute atomic E-state index is 13.6. The number of anilines is 2. The van der Waals surface area contributed by atoms with Crippen molar-refractivity contribution in [2.75, 3.05) is 4.90 Å². The van der Waals surface area contributed by atoms with Gasteiger partial charge in [0.15, 0.2) is 0 Å². The van der Waals surface area contributed by atoms with Crippen molar-refractivity contribution < 1.29 is 18.0 Å². The van der Waals surface area contributed by atoms with Crippen molar-refractivity contribution in [3.63, 3.8) is 0 Å². The minimum atomic E-state index is -4.53. The summed E-state index contributed by atoms with van der Waals surface area (Å²) in [6, 6.07) is 16.0. The molecule has 168 valence electrons. The first-order valence-electron chi connectivity index (χ1n) is 10.4. The fourth-order valence-corrected chi connectivity index (χ4v) is 3.68. The van der Waals surface area contributed by atoms with E-state index in [1.807, 2.05) is 19.1 Å². The molecule has 8 heteroatoms. The molecule has 4 aromatic rings. The zero-order chi connectivity index (χ0) is 23.6. The van der Waals surface area contributed by atoms with E-state index in [4.69, 9.17) is 0 Å². The van der Waals surface area contributed by atoms with Crippen LogP contribution in [-0.2, 0) is 12.7 Å². The summed E-state index contributed by atoms with van der Waals surface area (Å²) in [7, 11) is 0. The maximum atomic E-state index is 13.6. The molecule has 2 heterocycles. The molecule has 2 aromatic heterocycles. The number of rotatable bonds is 5. The summed E-state index contributed by atoms with van der Waals surface area (Å²) in [5.74, 6) is -0.619. The maximum Gasteiger partial charge on any atom is 0.416 e. The quantitative estimate of drug-likeness (QED) is 0.385. The summed E-state index contributed by atoms with van der Waals surface area (Å²) >= 11 is 0. The predicted molar refractivity (Wildman–Crippen MR) is 121 cm³/mol. The molecule has 0 aliphatic carbocycles. The van der Waals surface area contributed by atoms with E-state index in [0.29, 0.717) is 18.4 Å². The van der Waals surface area contributed by atoms with Gasteiger partial charge in [0.05, 0.1) is 5.56 Å². The van der Waals surface area contributed by atoms with Gasteiger partial charge < -0.3 is 4.57 Å². The summed E-state index contributed by atoms with van der Waals surface area (Å²) in [4.78, 5) is 32.4. The van der Waals surface area contributed by atoms with Gasteiger partial charge >= 0.3 is 6.18 Å². The summed E-state index contributed by atoms with van der Waals surface area (Å²) in [5, 5.41) is 1.24. The highest BCUT2D eigenvalue weighted by atomic mass is 19.4. The molecule has 0 aliphatic rings. The molecule has 0 saturated heterocycles. The van der Waals surface area contributed by atoms with Crippen molar-refractivity contribution in [3.8, 4) is 0 Å². The van der Waals surface area contributed by atoms with Crippen LogP contribution in [0.2, 0.25) is 0 Å². The lowest BCUT2D eigenvalue weighted by atomic mass is 10.1. The van der Waals surface area contributed by atoms with Crippen molar-refractivity contribution in [3.05, 3.63) is 101 Å². The Labute approximate surface area is 187 Å². The second kappa shape index (κ2) is 8.90. The molecule has 0 aliphatic heterocycles. The van der Waals surface area contributed by atoms with Crippen LogP contribution in [0.1, 0.15) is 29.4 Å². The van der Waals surface area contributed by atoms with Gasteiger partial charge in [-0.15, -0.1) is 0 Å². The zero-order valence-electron chi connectivity index (χ0n) is 17.7. The number of alkyl halides is 3. The number of amides is 1. The van der Waals surface area contributed by atoms with Crippen LogP contribution in [0.5, 0.6) is 0 Å². The van der Waals surface area contributed by atoms with Gasteiger partial charge in [-0.2, -0.15) is 13.2 Å². The average molecular weight is 451 g/mol. The molecule has 0 saturated carbocycles. The summed E-state index contributed by atoms with van der Waals surface area (Å²) in [6.07, 6.45) is -0.675. The third-order valence-corrected chi connectivity index (χ3v) is 5.20. The van der Waals surface area contributed by atoms with Crippen molar-refractivity contribution >= 4 is 28.1 Å². The predicted octanol–water partition coefficient (Wildman–Crippen LogP) is 5.80. The topological polar surface area (TPSA) is 55.2 Å². The molecule has 0 spiro atoms. The van der Waals surface area contributed by atoms with Gasteiger partial charge in [-0.25, -0.2) is 0 Å². The fraction of sp³-hybridized carbons (Fsp3) is 0.160. The van der Waals surface area contributed by atoms with E-state index in [1.165, 1.54) is 29.0 Å². The Kier molecular flexibility index (Phi) is 6.00. The number of carbonyl (C=O) groups excluding carboxylic acids is 1. The number of halogens is 3. The lowest BCUT2D eigenvalue weighted by Crippen LogP contribution is -2.34. The normalized spacial score (nSPS) is 11.5. The molecule has 2 aromatic carbocycles. The van der Waals surface area contributed by atoms with Crippen LogP contribution in [0.15, 0.2) is 83.9 Å². The SMILES string of the molecule is CCCn1cc2ccccc2c(N(C(=O)c2ccccn2)c2ccc(C(F)(F)F)cc2)c1=O. The molecule has 0 atom stereocenters. The van der Waals surface area contributed by atoms with Crippen molar-refractivity contribution in [1.82, 2.24) is 9.55 Å². The number of benzene rings is 2. The van der Waals surface area contributed by atoms with Crippen LogP contribution >= 0.6 is 0 Å². The molecule has 1 amide bonds. The monoisotopic (exact) mass is 451 g/mol. The average Bonchev–Trinajstić information content (AvgIpc) is 2.82. The van der Waals surface area contributed by atoms with Crippen LogP contribution in [0.4, 0.5) is 24.5 Å². The molecule has 0 radical (unpaired) electrons. The van der Waals surface area contributed by atoms with Crippen LogP contribution in [0.3, 0.4) is 0 Å². The van der Waals surface area contributed by atoms with E-state index in [1.54, 1.807) is 30.5 Å². The molecular formula is C25H20F3N3O2. The third-order valence-electron chi connectivity index (χ3n) is 5.20. The Morgan fingerprint density at radius 2 is 1.70 bits per heavy atom. The largest absolute Gasteiger partial charge is 0.416 e. The van der Waals surface area contributed by atoms with E-state index < -0.39 is 23.2 Å². The van der Waals surface area contributed by atoms with Crippen LogP contribution < -0.4 is 10.5 Å². The Morgan fingerprint density at radius 1 is 1.00 bits per heavy atom. The van der Waals surface area contributed by atoms with Gasteiger partial charge in [-0.3, -0.25) is 19.5 Å².